The van der Waals surface area contributed by atoms with Gasteiger partial charge in [0.15, 0.2) is 0 Å². The molecule has 0 unspecified atom stereocenters. The molecule has 2 N–H and O–H groups in total. The SMILES string of the molecule is C=C(C)c1nc2ccccc2nc(CC)c2cc(C)cc(c(CC)nc3ccccc3nc(CC)c3cc(C)cc1c3O)c2O. The van der Waals surface area contributed by atoms with Crippen molar-refractivity contribution in [3.63, 3.8) is 0 Å². The lowest BCUT2D eigenvalue weighted by Gasteiger charge is -2.09. The zero-order valence-corrected chi connectivity index (χ0v) is 26.9. The molecular formula is C39H40N4O2. The molecular weight excluding hydrogens is 556 g/mol. The van der Waals surface area contributed by atoms with Crippen molar-refractivity contribution in [1.82, 2.24) is 19.9 Å². The number of aryl methyl sites for hydroxylation is 5. The molecule has 4 bridgehead atoms. The summed E-state index contributed by atoms with van der Waals surface area (Å²) in [5.41, 5.74) is 8.05. The molecule has 0 saturated heterocycles. The molecule has 0 aliphatic rings. The standard InChI is InChI=1S/C39H40N4O2/c1-8-30-26-19-24(6)20-27(38(26)44)31(9-2)42-35-17-13-14-18-36(35)43-37(23(4)5)29-22-25(7)21-28(39(29)45)32(10-3)41-34-16-12-11-15-33(34)40-30/h11-22,44-45H,4,8-10H2,1-3,5-7H3. The van der Waals surface area contributed by atoms with Gasteiger partial charge in [0.2, 0.25) is 0 Å². The van der Waals surface area contributed by atoms with E-state index < -0.39 is 0 Å². The molecule has 5 aromatic rings. The van der Waals surface area contributed by atoms with Crippen LogP contribution >= 0.6 is 0 Å². The minimum Gasteiger partial charge on any atom is -0.507 e. The zero-order chi connectivity index (χ0) is 32.2. The first kappa shape index (κ1) is 31.3. The molecule has 1 aromatic heterocycles. The molecule has 0 radical (unpaired) electrons. The molecule has 5 rings (SSSR count). The Bertz CT molecular complexity index is 2150. The molecule has 0 aliphatic carbocycles. The third-order valence-corrected chi connectivity index (χ3v) is 7.87. The molecule has 0 spiro atoms. The van der Waals surface area contributed by atoms with Crippen molar-refractivity contribution in [1.29, 1.82) is 0 Å². The molecule has 45 heavy (non-hydrogen) atoms. The minimum atomic E-state index is 0.102. The molecule has 6 nitrogen and oxygen atoms in total. The van der Waals surface area contributed by atoms with Crippen LogP contribution in [0.15, 0.2) is 79.4 Å². The number of aromatic hydroxyl groups is 2. The summed E-state index contributed by atoms with van der Waals surface area (Å²) in [6, 6.07) is 23.2. The summed E-state index contributed by atoms with van der Waals surface area (Å²) >= 11 is 0. The number of hydrogen-bond acceptors (Lipinski definition) is 6. The van der Waals surface area contributed by atoms with Crippen LogP contribution < -0.4 is 0 Å². The van der Waals surface area contributed by atoms with Gasteiger partial charge in [0.25, 0.3) is 0 Å². The molecule has 0 amide bonds. The molecule has 6 heteroatoms. The van der Waals surface area contributed by atoms with E-state index in [1.54, 1.807) is 0 Å². The van der Waals surface area contributed by atoms with Gasteiger partial charge >= 0.3 is 0 Å². The van der Waals surface area contributed by atoms with Crippen molar-refractivity contribution in [2.75, 3.05) is 0 Å². The van der Waals surface area contributed by atoms with Gasteiger partial charge in [-0.2, -0.15) is 0 Å². The summed E-state index contributed by atoms with van der Waals surface area (Å²) in [6.07, 6.45) is 1.75. The highest BCUT2D eigenvalue weighted by molar-refractivity contribution is 5.91. The Morgan fingerprint density at radius 3 is 1.20 bits per heavy atom. The predicted molar refractivity (Wildman–Crippen MR) is 187 cm³/mol. The predicted octanol–water partition coefficient (Wildman–Crippen LogP) is 9.44. The highest BCUT2D eigenvalue weighted by atomic mass is 16.3. The van der Waals surface area contributed by atoms with Crippen LogP contribution in [0.3, 0.4) is 0 Å². The molecule has 4 aromatic carbocycles. The van der Waals surface area contributed by atoms with Crippen molar-refractivity contribution >= 4 is 49.2 Å². The zero-order valence-electron chi connectivity index (χ0n) is 26.9. The normalized spacial score (nSPS) is 11.0. The van der Waals surface area contributed by atoms with Crippen LogP contribution in [-0.4, -0.2) is 30.1 Å². The topological polar surface area (TPSA) is 92.0 Å². The average molecular weight is 597 g/mol. The monoisotopic (exact) mass is 596 g/mol. The average Bonchev–Trinajstić information content (AvgIpc) is 3.03. The lowest BCUT2D eigenvalue weighted by Crippen LogP contribution is -1.94. The van der Waals surface area contributed by atoms with Crippen molar-refractivity contribution < 1.29 is 10.2 Å². The molecule has 1 heterocycles. The van der Waals surface area contributed by atoms with E-state index in [-0.39, 0.29) is 11.5 Å². The van der Waals surface area contributed by atoms with Gasteiger partial charge in [0, 0.05) is 21.5 Å². The second kappa shape index (κ2) is 13.3. The fraction of sp³-hybridized carbons (Fsp3) is 0.231. The van der Waals surface area contributed by atoms with E-state index in [1.807, 2.05) is 114 Å². The number of phenols is 2. The van der Waals surface area contributed by atoms with E-state index >= 15 is 0 Å². The maximum Gasteiger partial charge on any atom is 0.134 e. The van der Waals surface area contributed by atoms with Crippen LogP contribution in [0.5, 0.6) is 11.5 Å². The van der Waals surface area contributed by atoms with Gasteiger partial charge in [-0.1, -0.05) is 51.6 Å². The van der Waals surface area contributed by atoms with E-state index in [0.29, 0.717) is 74.1 Å². The number of fused-ring (bicyclic) bond motifs is 6. The van der Waals surface area contributed by atoms with Crippen LogP contribution in [0.25, 0.3) is 49.2 Å². The van der Waals surface area contributed by atoms with Gasteiger partial charge in [-0.05, 0) is 105 Å². The van der Waals surface area contributed by atoms with Gasteiger partial charge in [-0.25, -0.2) is 4.98 Å². The van der Waals surface area contributed by atoms with Crippen LogP contribution in [-0.2, 0) is 19.3 Å². The van der Waals surface area contributed by atoms with Gasteiger partial charge in [0.1, 0.15) is 11.5 Å². The van der Waals surface area contributed by atoms with Crippen LogP contribution in [0, 0.1) is 13.8 Å². The first-order valence-electron chi connectivity index (χ1n) is 15.5. The van der Waals surface area contributed by atoms with Gasteiger partial charge in [-0.15, -0.1) is 0 Å². The van der Waals surface area contributed by atoms with E-state index in [9.17, 15) is 10.2 Å². The van der Waals surface area contributed by atoms with Gasteiger partial charge < -0.3 is 10.2 Å². The van der Waals surface area contributed by atoms with Crippen molar-refractivity contribution in [2.45, 2.75) is 60.8 Å². The second-order valence-electron chi connectivity index (χ2n) is 11.4. The number of phenolic OH excluding ortho intramolecular Hbond substituents is 2. The third-order valence-electron chi connectivity index (χ3n) is 7.87. The Morgan fingerprint density at radius 2 is 0.867 bits per heavy atom. The lowest BCUT2D eigenvalue weighted by atomic mass is 10.0. The molecule has 0 aliphatic heterocycles. The van der Waals surface area contributed by atoms with E-state index in [2.05, 4.69) is 6.58 Å². The molecule has 0 saturated carbocycles. The van der Waals surface area contributed by atoms with E-state index in [1.165, 1.54) is 0 Å². The number of aromatic nitrogens is 4. The number of para-hydroxylation sites is 4. The van der Waals surface area contributed by atoms with Crippen molar-refractivity contribution in [3.8, 4) is 11.5 Å². The Kier molecular flexibility index (Phi) is 9.24. The Balaban J connectivity index is 2.18. The summed E-state index contributed by atoms with van der Waals surface area (Å²) in [4.78, 5) is 20.3. The summed E-state index contributed by atoms with van der Waals surface area (Å²) in [7, 11) is 0. The maximum atomic E-state index is 11.8. The van der Waals surface area contributed by atoms with Crippen LogP contribution in [0.2, 0.25) is 0 Å². The molecule has 0 fully saturated rings. The van der Waals surface area contributed by atoms with Gasteiger partial charge in [0.05, 0.1) is 44.8 Å². The Hall–Kier alpha value is -5.10. The smallest absolute Gasteiger partial charge is 0.134 e. The number of rotatable bonds is 4. The Labute approximate surface area is 264 Å². The summed E-state index contributed by atoms with van der Waals surface area (Å²) < 4.78 is 0. The first-order valence-corrected chi connectivity index (χ1v) is 15.5. The fourth-order valence-corrected chi connectivity index (χ4v) is 5.64. The van der Waals surface area contributed by atoms with E-state index in [0.717, 1.165) is 28.2 Å². The largest absolute Gasteiger partial charge is 0.507 e. The van der Waals surface area contributed by atoms with Gasteiger partial charge in [-0.3, -0.25) is 15.0 Å². The lowest BCUT2D eigenvalue weighted by molar-refractivity contribution is 0.485. The summed E-state index contributed by atoms with van der Waals surface area (Å²) in [5, 5.41) is 26.1. The fourth-order valence-electron chi connectivity index (χ4n) is 5.64. The Morgan fingerprint density at radius 1 is 0.556 bits per heavy atom. The summed E-state index contributed by atoms with van der Waals surface area (Å²) in [5.74, 6) is 0.252. The first-order chi connectivity index (χ1) is 21.6. The van der Waals surface area contributed by atoms with Crippen molar-refractivity contribution in [3.05, 3.63) is 113 Å². The number of allylic oxidation sites excluding steroid dienone is 1. The van der Waals surface area contributed by atoms with Crippen molar-refractivity contribution in [2.24, 2.45) is 0 Å². The second-order valence-corrected chi connectivity index (χ2v) is 11.4. The molecule has 0 atom stereocenters. The molecule has 228 valence electrons. The minimum absolute atomic E-state index is 0.102. The maximum absolute atomic E-state index is 11.8. The number of hydrogen-bond donors (Lipinski definition) is 2. The highest BCUT2D eigenvalue weighted by Crippen LogP contribution is 2.33. The summed E-state index contributed by atoms with van der Waals surface area (Å²) in [6.45, 7) is 16.2. The highest BCUT2D eigenvalue weighted by Gasteiger charge is 2.12. The number of nitrogens with zero attached hydrogens (tertiary/aromatic N) is 4. The van der Waals surface area contributed by atoms with E-state index in [4.69, 9.17) is 19.9 Å². The van der Waals surface area contributed by atoms with Crippen LogP contribution in [0.4, 0.5) is 0 Å². The quantitative estimate of drug-likeness (QED) is 0.215. The third kappa shape index (κ3) is 6.41. The van der Waals surface area contributed by atoms with Crippen LogP contribution in [0.1, 0.15) is 61.6 Å². The number of benzene rings is 4.